The molecule has 3 aromatic heterocycles. The molecule has 2 aromatic carbocycles. The lowest BCUT2D eigenvalue weighted by molar-refractivity contribution is -0.119. The smallest absolute Gasteiger partial charge is 0.261 e. The maximum atomic E-state index is 12.9. The lowest BCUT2D eigenvalue weighted by atomic mass is 10.1. The minimum Gasteiger partial charge on any atom is -0.494 e. The van der Waals surface area contributed by atoms with E-state index in [1.54, 1.807) is 6.07 Å². The predicted molar refractivity (Wildman–Crippen MR) is 165 cm³/mol. The first-order valence-electron chi connectivity index (χ1n) is 14.5. The van der Waals surface area contributed by atoms with Crippen LogP contribution in [0.3, 0.4) is 0 Å². The number of benzene rings is 2. The van der Waals surface area contributed by atoms with Crippen molar-refractivity contribution in [3.05, 3.63) is 70.3 Å². The minimum atomic E-state index is -0.337. The largest absolute Gasteiger partial charge is 0.494 e. The molecule has 0 amide bonds. The van der Waals surface area contributed by atoms with Crippen molar-refractivity contribution in [3.8, 4) is 23.0 Å². The van der Waals surface area contributed by atoms with Crippen LogP contribution in [-0.4, -0.2) is 68.1 Å². The van der Waals surface area contributed by atoms with Crippen LogP contribution in [0.1, 0.15) is 30.4 Å². The summed E-state index contributed by atoms with van der Waals surface area (Å²) in [6.45, 7) is 7.96. The summed E-state index contributed by atoms with van der Waals surface area (Å²) in [5.41, 5.74) is 3.93. The monoisotopic (exact) mass is 568 g/mol. The van der Waals surface area contributed by atoms with Gasteiger partial charge in [-0.2, -0.15) is 0 Å². The van der Waals surface area contributed by atoms with E-state index in [1.807, 2.05) is 54.9 Å². The van der Waals surface area contributed by atoms with Crippen LogP contribution in [-0.2, 0) is 11.3 Å². The summed E-state index contributed by atoms with van der Waals surface area (Å²) in [6.07, 6.45) is 7.01. The Morgan fingerprint density at radius 2 is 1.95 bits per heavy atom. The molecule has 1 aliphatic rings. The van der Waals surface area contributed by atoms with Crippen LogP contribution in [0.2, 0.25) is 0 Å². The van der Waals surface area contributed by atoms with Gasteiger partial charge in [-0.05, 0) is 82.6 Å². The van der Waals surface area contributed by atoms with Gasteiger partial charge >= 0.3 is 0 Å². The zero-order valence-electron chi connectivity index (χ0n) is 24.0. The fourth-order valence-corrected chi connectivity index (χ4v) is 5.74. The Kier molecular flexibility index (Phi) is 7.71. The highest BCUT2D eigenvalue weighted by molar-refractivity contribution is 5.99. The molecule has 1 fully saturated rings. The van der Waals surface area contributed by atoms with Crippen LogP contribution >= 0.6 is 0 Å². The summed E-state index contributed by atoms with van der Waals surface area (Å²) in [6, 6.07) is 11.3. The summed E-state index contributed by atoms with van der Waals surface area (Å²) < 4.78 is 7.61. The number of nitrogens with zero attached hydrogens (tertiary/aromatic N) is 3. The number of aromatic hydroxyl groups is 1. The predicted octanol–water partition coefficient (Wildman–Crippen LogP) is 4.74. The summed E-state index contributed by atoms with van der Waals surface area (Å²) in [5.74, 6) is 1.11. The van der Waals surface area contributed by atoms with Gasteiger partial charge in [0.25, 0.3) is 5.56 Å². The van der Waals surface area contributed by atoms with E-state index in [2.05, 4.69) is 25.2 Å². The van der Waals surface area contributed by atoms with Crippen molar-refractivity contribution in [1.29, 1.82) is 0 Å². The van der Waals surface area contributed by atoms with Gasteiger partial charge in [0.2, 0.25) is 0 Å². The molecule has 0 saturated carbocycles. The lowest BCUT2D eigenvalue weighted by Crippen LogP contribution is -2.22. The molecule has 0 atom stereocenters. The normalized spacial score (nSPS) is 13.8. The molecule has 0 unspecified atom stereocenters. The number of imidazole rings is 1. The van der Waals surface area contributed by atoms with Crippen LogP contribution in [0.25, 0.3) is 33.2 Å². The first-order chi connectivity index (χ1) is 20.4. The van der Waals surface area contributed by atoms with E-state index in [9.17, 15) is 14.7 Å². The SMILES string of the molecule is Cc1ccc(OCC(=O)CNc2cc[nH]c(=O)c2-c2nc3cc4c(O)n(CCCN5CCCC5)cc4cc3[nH]2)c(C)c1. The third-order valence-corrected chi connectivity index (χ3v) is 7.93. The minimum absolute atomic E-state index is 0.0126. The summed E-state index contributed by atoms with van der Waals surface area (Å²) in [5, 5.41) is 15.6. The van der Waals surface area contributed by atoms with Gasteiger partial charge in [-0.15, -0.1) is 0 Å². The van der Waals surface area contributed by atoms with Gasteiger partial charge < -0.3 is 34.6 Å². The zero-order chi connectivity index (χ0) is 29.2. The Balaban J connectivity index is 1.17. The summed E-state index contributed by atoms with van der Waals surface area (Å²) in [4.78, 5) is 38.6. The second kappa shape index (κ2) is 11.7. The quantitative estimate of drug-likeness (QED) is 0.181. The number of anilines is 1. The fraction of sp³-hybridized carbons (Fsp3) is 0.344. The Bertz CT molecular complexity index is 1810. The van der Waals surface area contributed by atoms with E-state index in [0.29, 0.717) is 28.3 Å². The van der Waals surface area contributed by atoms with Gasteiger partial charge in [0, 0.05) is 29.7 Å². The molecule has 1 aliphatic heterocycles. The van der Waals surface area contributed by atoms with Crippen LogP contribution in [0.5, 0.6) is 11.6 Å². The van der Waals surface area contributed by atoms with E-state index in [0.717, 1.165) is 60.0 Å². The Morgan fingerprint density at radius 1 is 1.12 bits per heavy atom. The van der Waals surface area contributed by atoms with Gasteiger partial charge in [0.1, 0.15) is 23.7 Å². The number of carbonyl (C=O) groups is 1. The molecule has 10 nitrogen and oxygen atoms in total. The Hall–Kier alpha value is -4.57. The third kappa shape index (κ3) is 5.75. The first-order valence-corrected chi connectivity index (χ1v) is 14.5. The van der Waals surface area contributed by atoms with Crippen molar-refractivity contribution in [2.75, 3.05) is 38.1 Å². The van der Waals surface area contributed by atoms with E-state index in [4.69, 9.17) is 4.74 Å². The fourth-order valence-electron chi connectivity index (χ4n) is 5.74. The number of likely N-dealkylation sites (tertiary alicyclic amines) is 1. The van der Waals surface area contributed by atoms with Crippen molar-refractivity contribution in [2.24, 2.45) is 0 Å². The highest BCUT2D eigenvalue weighted by Gasteiger charge is 2.18. The zero-order valence-corrected chi connectivity index (χ0v) is 24.0. The second-order valence-electron chi connectivity index (χ2n) is 11.1. The number of hydrogen-bond donors (Lipinski definition) is 4. The molecule has 4 heterocycles. The summed E-state index contributed by atoms with van der Waals surface area (Å²) >= 11 is 0. The molecular formula is C32H36N6O4. The van der Waals surface area contributed by atoms with Crippen molar-refractivity contribution in [2.45, 2.75) is 39.7 Å². The number of Topliss-reactive ketones (excluding diaryl/α,β-unsaturated/α-hetero) is 1. The molecule has 10 heteroatoms. The maximum Gasteiger partial charge on any atom is 0.261 e. The summed E-state index contributed by atoms with van der Waals surface area (Å²) in [7, 11) is 0. The molecule has 0 aliphatic carbocycles. The van der Waals surface area contributed by atoms with E-state index < -0.39 is 0 Å². The molecule has 42 heavy (non-hydrogen) atoms. The van der Waals surface area contributed by atoms with Gasteiger partial charge in [-0.25, -0.2) is 4.98 Å². The number of fused-ring (bicyclic) bond motifs is 2. The van der Waals surface area contributed by atoms with E-state index >= 15 is 0 Å². The number of nitrogens with one attached hydrogen (secondary N) is 3. The van der Waals surface area contributed by atoms with Crippen molar-refractivity contribution < 1.29 is 14.6 Å². The number of hydrogen-bond acceptors (Lipinski definition) is 7. The van der Waals surface area contributed by atoms with E-state index in [1.165, 1.54) is 19.0 Å². The van der Waals surface area contributed by atoms with Crippen LogP contribution < -0.4 is 15.6 Å². The lowest BCUT2D eigenvalue weighted by Gasteiger charge is -2.14. The Morgan fingerprint density at radius 3 is 2.76 bits per heavy atom. The van der Waals surface area contributed by atoms with E-state index in [-0.39, 0.29) is 30.4 Å². The van der Waals surface area contributed by atoms with Gasteiger partial charge in [0.05, 0.1) is 23.3 Å². The number of aromatic nitrogens is 4. The van der Waals surface area contributed by atoms with Crippen LogP contribution in [0, 0.1) is 13.8 Å². The molecule has 218 valence electrons. The van der Waals surface area contributed by atoms with Gasteiger partial charge in [0.15, 0.2) is 11.7 Å². The highest BCUT2D eigenvalue weighted by Crippen LogP contribution is 2.32. The number of carbonyl (C=O) groups excluding carboxylic acids is 1. The molecule has 0 spiro atoms. The molecule has 0 bridgehead atoms. The highest BCUT2D eigenvalue weighted by atomic mass is 16.5. The number of aryl methyl sites for hydroxylation is 3. The molecule has 6 rings (SSSR count). The second-order valence-corrected chi connectivity index (χ2v) is 11.1. The Labute approximate surface area is 243 Å². The van der Waals surface area contributed by atoms with Crippen molar-refractivity contribution >= 4 is 33.3 Å². The molecular weight excluding hydrogens is 532 g/mol. The molecule has 5 aromatic rings. The number of pyridine rings is 1. The maximum absolute atomic E-state index is 12.9. The number of ketones is 1. The molecule has 1 saturated heterocycles. The topological polar surface area (TPSA) is 128 Å². The van der Waals surface area contributed by atoms with Gasteiger partial charge in [-0.3, -0.25) is 9.59 Å². The van der Waals surface area contributed by atoms with Crippen LogP contribution in [0.4, 0.5) is 5.69 Å². The molecule has 0 radical (unpaired) electrons. The third-order valence-electron chi connectivity index (χ3n) is 7.93. The number of aromatic amines is 2. The van der Waals surface area contributed by atoms with Crippen LogP contribution in [0.15, 0.2) is 53.6 Å². The van der Waals surface area contributed by atoms with Crippen molar-refractivity contribution in [3.63, 3.8) is 0 Å². The molecule has 4 N–H and O–H groups in total. The average Bonchev–Trinajstić information content (AvgIpc) is 3.70. The first kappa shape index (κ1) is 27.6. The number of H-pyrrole nitrogens is 2. The number of rotatable bonds is 11. The van der Waals surface area contributed by atoms with Crippen molar-refractivity contribution in [1.82, 2.24) is 24.4 Å². The standard InChI is InChI=1S/C32H36N6O4/c1-20-6-7-28(21(2)14-20)42-19-23(39)17-34-25-8-9-33-31(40)29(25)30-35-26-15-22-18-38(13-5-12-37-10-3-4-11-37)32(41)24(22)16-27(26)36-30/h6-9,14-16,18,41H,3-5,10-13,17,19H2,1-2H3,(H,35,36)(H2,33,34,40). The number of ether oxygens (including phenoxy) is 1. The average molecular weight is 569 g/mol. The van der Waals surface area contributed by atoms with Gasteiger partial charge in [-0.1, -0.05) is 17.7 Å².